The SMILES string of the molecule is Cc1ccc(CNC(=O)C[C@H](C)Cc2nnc3c(=O)n(-c4cccc(F)c4)ccn23)cc1. The first-order valence-electron chi connectivity index (χ1n) is 10.4. The fraction of sp³-hybridized carbons (Fsp3) is 0.250. The molecule has 0 radical (unpaired) electrons. The van der Waals surface area contributed by atoms with Crippen LogP contribution in [-0.4, -0.2) is 25.1 Å². The molecule has 32 heavy (non-hydrogen) atoms. The molecule has 0 saturated heterocycles. The minimum Gasteiger partial charge on any atom is -0.352 e. The predicted octanol–water partition coefficient (Wildman–Crippen LogP) is 3.21. The van der Waals surface area contributed by atoms with Gasteiger partial charge < -0.3 is 5.32 Å². The molecule has 8 heteroatoms. The van der Waals surface area contributed by atoms with Crippen LogP contribution in [0.25, 0.3) is 11.3 Å². The van der Waals surface area contributed by atoms with Crippen LogP contribution in [0.3, 0.4) is 0 Å². The summed E-state index contributed by atoms with van der Waals surface area (Å²) in [4.78, 5) is 25.1. The highest BCUT2D eigenvalue weighted by Crippen LogP contribution is 2.13. The van der Waals surface area contributed by atoms with Crippen LogP contribution < -0.4 is 10.9 Å². The summed E-state index contributed by atoms with van der Waals surface area (Å²) in [5.41, 5.74) is 2.41. The van der Waals surface area contributed by atoms with Crippen molar-refractivity contribution in [1.29, 1.82) is 0 Å². The molecule has 0 saturated carbocycles. The van der Waals surface area contributed by atoms with Crippen molar-refractivity contribution in [1.82, 2.24) is 24.5 Å². The van der Waals surface area contributed by atoms with Gasteiger partial charge in [-0.05, 0) is 36.6 Å². The first kappa shape index (κ1) is 21.4. The zero-order chi connectivity index (χ0) is 22.7. The number of halogens is 1. The summed E-state index contributed by atoms with van der Waals surface area (Å²) >= 11 is 0. The second kappa shape index (κ2) is 9.13. The van der Waals surface area contributed by atoms with Crippen molar-refractivity contribution in [3.05, 3.63) is 94.0 Å². The Bertz CT molecular complexity index is 1310. The van der Waals surface area contributed by atoms with Gasteiger partial charge in [-0.25, -0.2) is 4.39 Å². The summed E-state index contributed by atoms with van der Waals surface area (Å²) in [5, 5.41) is 11.1. The molecule has 4 aromatic rings. The highest BCUT2D eigenvalue weighted by Gasteiger charge is 2.16. The van der Waals surface area contributed by atoms with Crippen LogP contribution >= 0.6 is 0 Å². The smallest absolute Gasteiger partial charge is 0.300 e. The summed E-state index contributed by atoms with van der Waals surface area (Å²) in [5.74, 6) is 0.139. The van der Waals surface area contributed by atoms with E-state index in [0.717, 1.165) is 5.56 Å². The maximum absolute atomic E-state index is 13.5. The number of amides is 1. The molecule has 0 aliphatic rings. The van der Waals surface area contributed by atoms with Gasteiger partial charge in [0.1, 0.15) is 11.6 Å². The number of fused-ring (bicyclic) bond motifs is 1. The average Bonchev–Trinajstić information content (AvgIpc) is 3.17. The number of aromatic nitrogens is 4. The molecule has 4 rings (SSSR count). The van der Waals surface area contributed by atoms with Crippen LogP contribution in [0.15, 0.2) is 65.7 Å². The Morgan fingerprint density at radius 3 is 2.66 bits per heavy atom. The zero-order valence-electron chi connectivity index (χ0n) is 18.0. The molecule has 0 unspecified atom stereocenters. The van der Waals surface area contributed by atoms with Crippen LogP contribution in [0.2, 0.25) is 0 Å². The zero-order valence-corrected chi connectivity index (χ0v) is 18.0. The molecule has 0 bridgehead atoms. The maximum atomic E-state index is 13.5. The number of hydrogen-bond donors (Lipinski definition) is 1. The molecule has 1 amide bonds. The highest BCUT2D eigenvalue weighted by atomic mass is 19.1. The van der Waals surface area contributed by atoms with Crippen molar-refractivity contribution < 1.29 is 9.18 Å². The van der Waals surface area contributed by atoms with Crippen LogP contribution in [0.1, 0.15) is 30.3 Å². The third-order valence-corrected chi connectivity index (χ3v) is 5.30. The minimum absolute atomic E-state index is 0.00562. The standard InChI is InChI=1S/C24H24FN5O2/c1-16-6-8-18(9-7-16)15-26-22(31)13-17(2)12-21-27-28-23-24(32)29(10-11-30(21)23)20-5-3-4-19(25)14-20/h3-11,14,17H,12-13,15H2,1-2H3,(H,26,31)/t17-/m1/s1. The van der Waals surface area contributed by atoms with Crippen LogP contribution in [0.5, 0.6) is 0 Å². The lowest BCUT2D eigenvalue weighted by atomic mass is 10.0. The number of benzene rings is 2. The molecule has 1 atom stereocenters. The van der Waals surface area contributed by atoms with Crippen molar-refractivity contribution in [2.75, 3.05) is 0 Å². The average molecular weight is 433 g/mol. The van der Waals surface area contributed by atoms with Gasteiger partial charge in [-0.1, -0.05) is 42.8 Å². The first-order chi connectivity index (χ1) is 15.4. The lowest BCUT2D eigenvalue weighted by molar-refractivity contribution is -0.122. The van der Waals surface area contributed by atoms with Crippen molar-refractivity contribution in [2.45, 2.75) is 33.2 Å². The van der Waals surface area contributed by atoms with Crippen LogP contribution in [-0.2, 0) is 17.8 Å². The van der Waals surface area contributed by atoms with Crippen molar-refractivity contribution in [2.24, 2.45) is 5.92 Å². The predicted molar refractivity (Wildman–Crippen MR) is 119 cm³/mol. The van der Waals surface area contributed by atoms with Gasteiger partial charge in [-0.15, -0.1) is 10.2 Å². The number of nitrogens with one attached hydrogen (secondary N) is 1. The van der Waals surface area contributed by atoms with E-state index in [0.29, 0.717) is 30.9 Å². The molecular formula is C24H24FN5O2. The van der Waals surface area contributed by atoms with E-state index in [1.807, 2.05) is 38.1 Å². The largest absolute Gasteiger partial charge is 0.352 e. The normalized spacial score (nSPS) is 12.1. The molecule has 7 nitrogen and oxygen atoms in total. The Morgan fingerprint density at radius 2 is 1.91 bits per heavy atom. The van der Waals surface area contributed by atoms with Crippen LogP contribution in [0.4, 0.5) is 4.39 Å². The number of hydrogen-bond acceptors (Lipinski definition) is 4. The number of aryl methyl sites for hydroxylation is 1. The number of carbonyl (C=O) groups excluding carboxylic acids is 1. The Hall–Kier alpha value is -3.81. The van der Waals surface area contributed by atoms with Gasteiger partial charge in [0.25, 0.3) is 0 Å². The molecule has 0 aliphatic heterocycles. The van der Waals surface area contributed by atoms with Gasteiger partial charge in [0.05, 0.1) is 5.69 Å². The quantitative estimate of drug-likeness (QED) is 0.485. The van der Waals surface area contributed by atoms with E-state index < -0.39 is 5.82 Å². The Balaban J connectivity index is 1.42. The fourth-order valence-electron chi connectivity index (χ4n) is 3.58. The molecule has 164 valence electrons. The molecule has 2 aromatic heterocycles. The third-order valence-electron chi connectivity index (χ3n) is 5.30. The molecule has 0 aliphatic carbocycles. The summed E-state index contributed by atoms with van der Waals surface area (Å²) < 4.78 is 16.5. The third kappa shape index (κ3) is 4.74. The first-order valence-corrected chi connectivity index (χ1v) is 10.4. The van der Waals surface area contributed by atoms with E-state index in [1.165, 1.54) is 22.3 Å². The van der Waals surface area contributed by atoms with E-state index in [4.69, 9.17) is 0 Å². The molecule has 0 spiro atoms. The van der Waals surface area contributed by atoms with Gasteiger partial charge in [0, 0.05) is 31.8 Å². The Morgan fingerprint density at radius 1 is 1.12 bits per heavy atom. The summed E-state index contributed by atoms with van der Waals surface area (Å²) in [6, 6.07) is 13.8. The lowest BCUT2D eigenvalue weighted by Crippen LogP contribution is -2.25. The van der Waals surface area contributed by atoms with Crippen LogP contribution in [0, 0.1) is 18.7 Å². The number of carbonyl (C=O) groups is 1. The lowest BCUT2D eigenvalue weighted by Gasteiger charge is -2.11. The van der Waals surface area contributed by atoms with Gasteiger partial charge in [0.2, 0.25) is 11.6 Å². The molecule has 2 heterocycles. The van der Waals surface area contributed by atoms with E-state index in [2.05, 4.69) is 15.5 Å². The number of nitrogens with zero attached hydrogens (tertiary/aromatic N) is 4. The molecular weight excluding hydrogens is 409 g/mol. The van der Waals surface area contributed by atoms with E-state index in [1.54, 1.807) is 28.9 Å². The van der Waals surface area contributed by atoms with Gasteiger partial charge in [-0.3, -0.25) is 18.6 Å². The number of rotatable bonds is 7. The summed E-state index contributed by atoms with van der Waals surface area (Å²) in [7, 11) is 0. The summed E-state index contributed by atoms with van der Waals surface area (Å²) in [6.45, 7) is 4.47. The topological polar surface area (TPSA) is 81.3 Å². The molecule has 1 N–H and O–H groups in total. The van der Waals surface area contributed by atoms with Gasteiger partial charge in [-0.2, -0.15) is 0 Å². The van der Waals surface area contributed by atoms with Crippen molar-refractivity contribution in [3.63, 3.8) is 0 Å². The second-order valence-electron chi connectivity index (χ2n) is 8.04. The van der Waals surface area contributed by atoms with E-state index in [-0.39, 0.29) is 23.0 Å². The van der Waals surface area contributed by atoms with Crippen molar-refractivity contribution >= 4 is 11.6 Å². The fourth-order valence-corrected chi connectivity index (χ4v) is 3.58. The monoisotopic (exact) mass is 433 g/mol. The van der Waals surface area contributed by atoms with Crippen molar-refractivity contribution in [3.8, 4) is 5.69 Å². The maximum Gasteiger partial charge on any atom is 0.300 e. The van der Waals surface area contributed by atoms with E-state index >= 15 is 0 Å². The minimum atomic E-state index is -0.425. The van der Waals surface area contributed by atoms with E-state index in [9.17, 15) is 14.0 Å². The summed E-state index contributed by atoms with van der Waals surface area (Å²) in [6.07, 6.45) is 4.07. The second-order valence-corrected chi connectivity index (χ2v) is 8.04. The Kier molecular flexibility index (Phi) is 6.11. The van der Waals surface area contributed by atoms with Gasteiger partial charge >= 0.3 is 5.56 Å². The van der Waals surface area contributed by atoms with Gasteiger partial charge in [0.15, 0.2) is 0 Å². The molecule has 2 aromatic carbocycles. The molecule has 0 fully saturated rings. The Labute approximate surface area is 184 Å². The highest BCUT2D eigenvalue weighted by molar-refractivity contribution is 5.76.